The highest BCUT2D eigenvalue weighted by atomic mass is 32.2. The first-order valence-corrected chi connectivity index (χ1v) is 13.3. The molecule has 6 nitrogen and oxygen atoms in total. The average Bonchev–Trinajstić information content (AvgIpc) is 3.25. The van der Waals surface area contributed by atoms with E-state index >= 15 is 0 Å². The fraction of sp³-hybridized carbons (Fsp3) is 0.238. The molecule has 1 N–H and O–H groups in total. The number of thiophene rings is 1. The fourth-order valence-electron chi connectivity index (χ4n) is 3.49. The van der Waals surface area contributed by atoms with E-state index in [2.05, 4.69) is 4.72 Å². The molecule has 9 heteroatoms. The molecular weight excluding hydrogens is 440 g/mol. The van der Waals surface area contributed by atoms with Crippen LogP contribution in [0, 0.1) is 13.8 Å². The molecule has 0 aliphatic carbocycles. The van der Waals surface area contributed by atoms with E-state index in [-0.39, 0.29) is 4.90 Å². The summed E-state index contributed by atoms with van der Waals surface area (Å²) in [6, 6.07) is 13.3. The van der Waals surface area contributed by atoms with Crippen LogP contribution < -0.4 is 9.03 Å². The molecule has 158 valence electrons. The van der Waals surface area contributed by atoms with E-state index in [4.69, 9.17) is 0 Å². The molecule has 0 atom stereocenters. The average molecular weight is 463 g/mol. The Bertz CT molecular complexity index is 1300. The van der Waals surface area contributed by atoms with Gasteiger partial charge in [0.05, 0.1) is 10.6 Å². The Balaban J connectivity index is 1.65. The maximum Gasteiger partial charge on any atom is 0.273 e. The molecule has 0 bridgehead atoms. The van der Waals surface area contributed by atoms with Crippen LogP contribution in [0.2, 0.25) is 0 Å². The summed E-state index contributed by atoms with van der Waals surface area (Å²) in [6.45, 7) is 4.20. The zero-order valence-corrected chi connectivity index (χ0v) is 19.1. The van der Waals surface area contributed by atoms with Gasteiger partial charge >= 0.3 is 0 Å². The molecule has 1 aliphatic heterocycles. The Kier molecular flexibility index (Phi) is 5.37. The number of benzene rings is 2. The predicted molar refractivity (Wildman–Crippen MR) is 120 cm³/mol. The van der Waals surface area contributed by atoms with Crippen LogP contribution in [0.15, 0.2) is 63.0 Å². The van der Waals surface area contributed by atoms with Gasteiger partial charge in [0.15, 0.2) is 0 Å². The number of hydrogen-bond donors (Lipinski definition) is 1. The summed E-state index contributed by atoms with van der Waals surface area (Å²) in [5.41, 5.74) is 3.75. The van der Waals surface area contributed by atoms with Gasteiger partial charge in [-0.25, -0.2) is 16.8 Å². The number of nitrogens with one attached hydrogen (secondary N) is 1. The Hall–Kier alpha value is -2.36. The van der Waals surface area contributed by atoms with Gasteiger partial charge in [0.25, 0.3) is 20.0 Å². The van der Waals surface area contributed by atoms with Gasteiger partial charge in [-0.05, 0) is 85.2 Å². The first-order chi connectivity index (χ1) is 14.2. The minimum absolute atomic E-state index is 0.199. The number of rotatable bonds is 5. The summed E-state index contributed by atoms with van der Waals surface area (Å²) >= 11 is 1.19. The van der Waals surface area contributed by atoms with Crippen molar-refractivity contribution in [2.24, 2.45) is 0 Å². The summed E-state index contributed by atoms with van der Waals surface area (Å²) in [6.07, 6.45) is 1.36. The molecule has 4 rings (SSSR count). The lowest BCUT2D eigenvalue weighted by atomic mass is 10.0. The molecule has 0 radical (unpaired) electrons. The Morgan fingerprint density at radius 1 is 0.967 bits per heavy atom. The van der Waals surface area contributed by atoms with Crippen molar-refractivity contribution in [3.8, 4) is 0 Å². The predicted octanol–water partition coefficient (Wildman–Crippen LogP) is 4.31. The van der Waals surface area contributed by atoms with Crippen molar-refractivity contribution in [2.75, 3.05) is 15.6 Å². The zero-order chi connectivity index (χ0) is 21.5. The summed E-state index contributed by atoms with van der Waals surface area (Å²) in [4.78, 5) is 0.199. The maximum absolute atomic E-state index is 13.0. The van der Waals surface area contributed by atoms with E-state index in [0.717, 1.165) is 16.7 Å². The van der Waals surface area contributed by atoms with E-state index in [1.54, 1.807) is 53.9 Å². The zero-order valence-electron chi connectivity index (χ0n) is 16.6. The van der Waals surface area contributed by atoms with Crippen LogP contribution in [0.3, 0.4) is 0 Å². The second kappa shape index (κ2) is 7.72. The van der Waals surface area contributed by atoms with Crippen molar-refractivity contribution in [2.45, 2.75) is 35.8 Å². The number of fused-ring (bicyclic) bond motifs is 1. The summed E-state index contributed by atoms with van der Waals surface area (Å²) in [5, 5.41) is 1.74. The topological polar surface area (TPSA) is 83.6 Å². The molecule has 30 heavy (non-hydrogen) atoms. The molecule has 0 saturated carbocycles. The van der Waals surface area contributed by atoms with Crippen molar-refractivity contribution >= 4 is 42.8 Å². The van der Waals surface area contributed by atoms with Gasteiger partial charge in [-0.2, -0.15) is 0 Å². The molecule has 3 aromatic rings. The highest BCUT2D eigenvalue weighted by Gasteiger charge is 2.30. The molecule has 1 aromatic heterocycles. The van der Waals surface area contributed by atoms with Crippen LogP contribution in [-0.4, -0.2) is 23.4 Å². The smallest absolute Gasteiger partial charge is 0.273 e. The van der Waals surface area contributed by atoms with Crippen molar-refractivity contribution in [3.63, 3.8) is 0 Å². The first kappa shape index (κ1) is 20.9. The second-order valence-corrected chi connectivity index (χ2v) is 12.0. The number of aryl methyl sites for hydroxylation is 3. The van der Waals surface area contributed by atoms with E-state index in [1.165, 1.54) is 15.6 Å². The fourth-order valence-corrected chi connectivity index (χ4v) is 7.27. The molecule has 0 unspecified atom stereocenters. The molecule has 0 saturated heterocycles. The second-order valence-electron chi connectivity index (χ2n) is 7.31. The molecule has 0 fully saturated rings. The van der Waals surface area contributed by atoms with Crippen LogP contribution in [0.5, 0.6) is 0 Å². The van der Waals surface area contributed by atoms with E-state index < -0.39 is 20.0 Å². The van der Waals surface area contributed by atoms with Gasteiger partial charge in [0.1, 0.15) is 4.21 Å². The summed E-state index contributed by atoms with van der Waals surface area (Å²) in [5.74, 6) is 0. The Morgan fingerprint density at radius 2 is 1.77 bits per heavy atom. The molecule has 2 heterocycles. The normalized spacial score (nSPS) is 14.4. The number of sulfonamides is 2. The van der Waals surface area contributed by atoms with Crippen LogP contribution in [0.4, 0.5) is 11.4 Å². The quantitative estimate of drug-likeness (QED) is 0.613. The molecule has 2 aromatic carbocycles. The van der Waals surface area contributed by atoms with Crippen LogP contribution in [0.25, 0.3) is 0 Å². The largest absolute Gasteiger partial charge is 0.280 e. The maximum atomic E-state index is 13.0. The van der Waals surface area contributed by atoms with E-state index in [1.807, 2.05) is 13.8 Å². The van der Waals surface area contributed by atoms with Gasteiger partial charge in [-0.1, -0.05) is 12.1 Å². The monoisotopic (exact) mass is 462 g/mol. The standard InChI is InChI=1S/C21H22N2O4S3/c1-15-7-9-19(13-16(15)2)29(24,25)22-18-8-10-20-17(14-18)5-3-11-23(20)30(26,27)21-6-4-12-28-21/h4,6-10,12-14,22H,3,5,11H2,1-2H3. The molecule has 0 spiro atoms. The first-order valence-electron chi connectivity index (χ1n) is 9.48. The van der Waals surface area contributed by atoms with Crippen molar-refractivity contribution in [1.29, 1.82) is 0 Å². The lowest BCUT2D eigenvalue weighted by Gasteiger charge is -2.30. The molecule has 0 amide bonds. The van der Waals surface area contributed by atoms with Crippen LogP contribution in [-0.2, 0) is 26.5 Å². The van der Waals surface area contributed by atoms with Crippen LogP contribution in [0.1, 0.15) is 23.1 Å². The SMILES string of the molecule is Cc1ccc(S(=O)(=O)Nc2ccc3c(c2)CCCN3S(=O)(=O)c2cccs2)cc1C. The summed E-state index contributed by atoms with van der Waals surface area (Å²) in [7, 11) is -7.36. The summed E-state index contributed by atoms with van der Waals surface area (Å²) < 4.78 is 55.9. The van der Waals surface area contributed by atoms with Crippen molar-refractivity contribution in [1.82, 2.24) is 0 Å². The molecular formula is C21H22N2O4S3. The minimum Gasteiger partial charge on any atom is -0.280 e. The van der Waals surface area contributed by atoms with Gasteiger partial charge in [-0.3, -0.25) is 9.03 Å². The van der Waals surface area contributed by atoms with E-state index in [0.29, 0.717) is 35.0 Å². The Morgan fingerprint density at radius 3 is 2.47 bits per heavy atom. The number of nitrogens with zero attached hydrogens (tertiary/aromatic N) is 1. The minimum atomic E-state index is -3.74. The van der Waals surface area contributed by atoms with E-state index in [9.17, 15) is 16.8 Å². The van der Waals surface area contributed by atoms with Gasteiger partial charge < -0.3 is 0 Å². The number of hydrogen-bond acceptors (Lipinski definition) is 5. The molecule has 1 aliphatic rings. The van der Waals surface area contributed by atoms with Gasteiger partial charge in [-0.15, -0.1) is 11.3 Å². The van der Waals surface area contributed by atoms with Gasteiger partial charge in [0.2, 0.25) is 0 Å². The highest BCUT2D eigenvalue weighted by molar-refractivity contribution is 7.94. The van der Waals surface area contributed by atoms with Crippen molar-refractivity contribution in [3.05, 3.63) is 70.6 Å². The third-order valence-electron chi connectivity index (χ3n) is 5.24. The number of anilines is 2. The third-order valence-corrected chi connectivity index (χ3v) is 9.80. The third kappa shape index (κ3) is 3.84. The van der Waals surface area contributed by atoms with Crippen LogP contribution >= 0.6 is 11.3 Å². The lowest BCUT2D eigenvalue weighted by molar-refractivity contribution is 0.588. The Labute approximate surface area is 181 Å². The highest BCUT2D eigenvalue weighted by Crippen LogP contribution is 2.35. The lowest BCUT2D eigenvalue weighted by Crippen LogP contribution is -2.35. The van der Waals surface area contributed by atoms with Crippen molar-refractivity contribution < 1.29 is 16.8 Å². The van der Waals surface area contributed by atoms with Gasteiger partial charge in [0, 0.05) is 12.2 Å².